The maximum atomic E-state index is 5.44. The van der Waals surface area contributed by atoms with Gasteiger partial charge in [0.2, 0.25) is 4.77 Å². The van der Waals surface area contributed by atoms with Gasteiger partial charge < -0.3 is 0 Å². The highest BCUT2D eigenvalue weighted by atomic mass is 32.1. The van der Waals surface area contributed by atoms with Crippen LogP contribution in [0.3, 0.4) is 0 Å². The van der Waals surface area contributed by atoms with Gasteiger partial charge in [-0.1, -0.05) is 72.8 Å². The lowest BCUT2D eigenvalue weighted by atomic mass is 10.2. The molecule has 1 aliphatic rings. The third kappa shape index (κ3) is 4.84. The number of benzene rings is 2. The van der Waals surface area contributed by atoms with Crippen molar-refractivity contribution >= 4 is 18.3 Å². The Kier molecular flexibility index (Phi) is 6.11. The molecular formula is C22H25N5S. The molecule has 0 bridgehead atoms. The van der Waals surface area contributed by atoms with Gasteiger partial charge in [0.15, 0.2) is 5.82 Å². The van der Waals surface area contributed by atoms with E-state index < -0.39 is 0 Å². The van der Waals surface area contributed by atoms with Crippen molar-refractivity contribution in [2.75, 3.05) is 32.7 Å². The molecule has 0 aliphatic carbocycles. The normalized spacial score (nSPS) is 16.0. The standard InChI is InChI=1S/C22H25N5S/c28-22-23-21(20-11-5-2-6-12-20)24-27(22)18-26-16-14-25(15-17-26)13-7-10-19-8-3-1-4-9-19/h1-12H,13-18H2,(H,23,24,28)/b10-7+. The van der Waals surface area contributed by atoms with Crippen LogP contribution < -0.4 is 0 Å². The number of hydrogen-bond donors (Lipinski definition) is 1. The molecule has 4 rings (SSSR count). The minimum atomic E-state index is 0.604. The van der Waals surface area contributed by atoms with E-state index in [0.717, 1.165) is 50.8 Å². The Morgan fingerprint density at radius 1 is 0.893 bits per heavy atom. The van der Waals surface area contributed by atoms with E-state index in [9.17, 15) is 0 Å². The minimum Gasteiger partial charge on any atom is -0.297 e. The van der Waals surface area contributed by atoms with Crippen molar-refractivity contribution < 1.29 is 0 Å². The predicted octanol–water partition coefficient (Wildman–Crippen LogP) is 3.90. The SMILES string of the molecule is S=c1nc(-c2ccccc2)[nH]n1CN1CCN(C/C=C/c2ccccc2)CC1. The minimum absolute atomic E-state index is 0.604. The molecule has 144 valence electrons. The Balaban J connectivity index is 1.28. The fraction of sp³-hybridized carbons (Fsp3) is 0.273. The van der Waals surface area contributed by atoms with E-state index in [1.165, 1.54) is 5.56 Å². The van der Waals surface area contributed by atoms with Crippen LogP contribution in [0.1, 0.15) is 5.56 Å². The highest BCUT2D eigenvalue weighted by Crippen LogP contribution is 2.14. The molecule has 0 amide bonds. The monoisotopic (exact) mass is 391 g/mol. The van der Waals surface area contributed by atoms with Gasteiger partial charge in [-0.05, 0) is 17.8 Å². The van der Waals surface area contributed by atoms with Crippen LogP contribution >= 0.6 is 12.2 Å². The van der Waals surface area contributed by atoms with E-state index in [2.05, 4.69) is 56.3 Å². The zero-order valence-electron chi connectivity index (χ0n) is 15.9. The molecule has 2 aromatic carbocycles. The summed E-state index contributed by atoms with van der Waals surface area (Å²) in [6.07, 6.45) is 4.45. The maximum Gasteiger partial charge on any atom is 0.217 e. The highest BCUT2D eigenvalue weighted by Gasteiger charge is 2.17. The van der Waals surface area contributed by atoms with Crippen LogP contribution in [0, 0.1) is 4.77 Å². The van der Waals surface area contributed by atoms with Gasteiger partial charge in [-0.15, -0.1) is 0 Å². The van der Waals surface area contributed by atoms with Crippen molar-refractivity contribution in [3.63, 3.8) is 0 Å². The van der Waals surface area contributed by atoms with Crippen molar-refractivity contribution in [2.24, 2.45) is 0 Å². The van der Waals surface area contributed by atoms with E-state index >= 15 is 0 Å². The van der Waals surface area contributed by atoms with Crippen molar-refractivity contribution in [1.29, 1.82) is 0 Å². The first-order valence-corrected chi connectivity index (χ1v) is 10.1. The van der Waals surface area contributed by atoms with Crippen LogP contribution in [0.15, 0.2) is 66.7 Å². The molecule has 1 fully saturated rings. The second kappa shape index (κ2) is 9.10. The van der Waals surface area contributed by atoms with E-state index in [1.54, 1.807) is 0 Å². The molecular weight excluding hydrogens is 366 g/mol. The molecule has 0 saturated carbocycles. The second-order valence-electron chi connectivity index (χ2n) is 7.02. The van der Waals surface area contributed by atoms with Gasteiger partial charge in [0.25, 0.3) is 0 Å². The predicted molar refractivity (Wildman–Crippen MR) is 116 cm³/mol. The summed E-state index contributed by atoms with van der Waals surface area (Å²) >= 11 is 5.44. The quantitative estimate of drug-likeness (QED) is 0.647. The van der Waals surface area contributed by atoms with Crippen LogP contribution in [-0.2, 0) is 6.67 Å². The molecule has 2 heterocycles. The molecule has 3 aromatic rings. The smallest absolute Gasteiger partial charge is 0.217 e. The van der Waals surface area contributed by atoms with Crippen molar-refractivity contribution in [3.05, 3.63) is 77.1 Å². The largest absolute Gasteiger partial charge is 0.297 e. The molecule has 1 N–H and O–H groups in total. The Morgan fingerprint density at radius 3 is 2.25 bits per heavy atom. The van der Waals surface area contributed by atoms with Crippen LogP contribution in [0.4, 0.5) is 0 Å². The Hall–Kier alpha value is -2.54. The Bertz CT molecular complexity index is 953. The fourth-order valence-corrected chi connectivity index (χ4v) is 3.59. The molecule has 1 saturated heterocycles. The summed E-state index contributed by atoms with van der Waals surface area (Å²) in [5.74, 6) is 0.829. The first kappa shape index (κ1) is 18.8. The van der Waals surface area contributed by atoms with E-state index in [1.807, 2.05) is 41.1 Å². The number of aromatic amines is 1. The van der Waals surface area contributed by atoms with E-state index in [-0.39, 0.29) is 0 Å². The highest BCUT2D eigenvalue weighted by molar-refractivity contribution is 7.71. The Morgan fingerprint density at radius 2 is 1.54 bits per heavy atom. The van der Waals surface area contributed by atoms with E-state index in [0.29, 0.717) is 4.77 Å². The summed E-state index contributed by atoms with van der Waals surface area (Å²) in [4.78, 5) is 9.41. The summed E-state index contributed by atoms with van der Waals surface area (Å²) in [6.45, 7) is 5.93. The number of hydrogen-bond acceptors (Lipinski definition) is 4. The molecule has 0 spiro atoms. The number of nitrogens with one attached hydrogen (secondary N) is 1. The van der Waals surface area contributed by atoms with Crippen LogP contribution in [0.5, 0.6) is 0 Å². The van der Waals surface area contributed by atoms with Crippen molar-refractivity contribution in [1.82, 2.24) is 24.6 Å². The van der Waals surface area contributed by atoms with Crippen LogP contribution in [0.2, 0.25) is 0 Å². The van der Waals surface area contributed by atoms with Gasteiger partial charge in [0, 0.05) is 38.3 Å². The molecule has 6 heteroatoms. The number of rotatable bonds is 6. The Labute approximate surface area is 170 Å². The maximum absolute atomic E-state index is 5.44. The third-order valence-corrected chi connectivity index (χ3v) is 5.32. The van der Waals surface area contributed by atoms with Crippen molar-refractivity contribution in [3.8, 4) is 11.4 Å². The van der Waals surface area contributed by atoms with Crippen molar-refractivity contribution in [2.45, 2.75) is 6.67 Å². The zero-order valence-corrected chi connectivity index (χ0v) is 16.7. The number of aromatic nitrogens is 3. The number of nitrogens with zero attached hydrogens (tertiary/aromatic N) is 4. The molecule has 0 atom stereocenters. The first-order chi connectivity index (χ1) is 13.8. The van der Waals surface area contributed by atoms with Gasteiger partial charge in [-0.3, -0.25) is 14.9 Å². The summed E-state index contributed by atoms with van der Waals surface area (Å²) in [6, 6.07) is 20.6. The third-order valence-electron chi connectivity index (χ3n) is 5.01. The topological polar surface area (TPSA) is 40.1 Å². The molecule has 0 unspecified atom stereocenters. The second-order valence-corrected chi connectivity index (χ2v) is 7.39. The number of piperazine rings is 1. The molecule has 1 aliphatic heterocycles. The number of H-pyrrole nitrogens is 1. The molecule has 0 radical (unpaired) electrons. The lowest BCUT2D eigenvalue weighted by molar-refractivity contribution is 0.110. The summed E-state index contributed by atoms with van der Waals surface area (Å²) in [5, 5.41) is 3.34. The van der Waals surface area contributed by atoms with Gasteiger partial charge in [-0.25, -0.2) is 4.68 Å². The summed E-state index contributed by atoms with van der Waals surface area (Å²) < 4.78 is 2.56. The van der Waals surface area contributed by atoms with Crippen LogP contribution in [-0.4, -0.2) is 57.3 Å². The average molecular weight is 392 g/mol. The van der Waals surface area contributed by atoms with Gasteiger partial charge in [0.05, 0.1) is 6.67 Å². The molecule has 28 heavy (non-hydrogen) atoms. The molecule has 1 aromatic heterocycles. The van der Waals surface area contributed by atoms with Gasteiger partial charge in [-0.2, -0.15) is 4.98 Å². The zero-order chi connectivity index (χ0) is 19.2. The average Bonchev–Trinajstić information content (AvgIpc) is 3.11. The lowest BCUT2D eigenvalue weighted by Crippen LogP contribution is -2.46. The van der Waals surface area contributed by atoms with Gasteiger partial charge >= 0.3 is 0 Å². The fourth-order valence-electron chi connectivity index (χ4n) is 3.39. The molecule has 5 nitrogen and oxygen atoms in total. The summed E-state index contributed by atoms with van der Waals surface area (Å²) in [5.41, 5.74) is 2.31. The summed E-state index contributed by atoms with van der Waals surface area (Å²) in [7, 11) is 0. The van der Waals surface area contributed by atoms with Gasteiger partial charge in [0.1, 0.15) is 0 Å². The first-order valence-electron chi connectivity index (χ1n) is 9.66. The lowest BCUT2D eigenvalue weighted by Gasteiger charge is -2.33. The van der Waals surface area contributed by atoms with E-state index in [4.69, 9.17) is 12.2 Å². The van der Waals surface area contributed by atoms with Crippen LogP contribution in [0.25, 0.3) is 17.5 Å².